The van der Waals surface area contributed by atoms with Crippen LogP contribution in [-0.2, 0) is 4.74 Å². The van der Waals surface area contributed by atoms with E-state index in [1.165, 1.54) is 5.56 Å². The Balaban J connectivity index is 2.33. The van der Waals surface area contributed by atoms with Crippen LogP contribution in [0.1, 0.15) is 32.4 Å². The predicted molar refractivity (Wildman–Crippen MR) is 61.7 cm³/mol. The maximum Gasteiger partial charge on any atom is 0.0671 e. The zero-order chi connectivity index (χ0) is 11.1. The SMILES string of the molecule is CCOC(C)CNC(C)c1cccnc1. The standard InChI is InChI=1S/C12H20N2O/c1-4-15-10(2)8-14-11(3)12-6-5-7-13-9-12/h5-7,9-11,14H,4,8H2,1-3H3. The van der Waals surface area contributed by atoms with E-state index >= 15 is 0 Å². The number of nitrogens with one attached hydrogen (secondary N) is 1. The normalized spacial score (nSPS) is 14.9. The number of rotatable bonds is 6. The molecule has 2 unspecified atom stereocenters. The van der Waals surface area contributed by atoms with Gasteiger partial charge in [0.15, 0.2) is 0 Å². The first-order chi connectivity index (χ1) is 7.24. The third-order valence-electron chi connectivity index (χ3n) is 2.35. The lowest BCUT2D eigenvalue weighted by molar-refractivity contribution is 0.0743. The van der Waals surface area contributed by atoms with E-state index in [2.05, 4.69) is 30.2 Å². The van der Waals surface area contributed by atoms with Gasteiger partial charge in [0.25, 0.3) is 0 Å². The van der Waals surface area contributed by atoms with Crippen molar-refractivity contribution in [2.75, 3.05) is 13.2 Å². The molecule has 15 heavy (non-hydrogen) atoms. The first-order valence-corrected chi connectivity index (χ1v) is 5.49. The first-order valence-electron chi connectivity index (χ1n) is 5.49. The summed E-state index contributed by atoms with van der Waals surface area (Å²) in [7, 11) is 0. The second-order valence-corrected chi connectivity index (χ2v) is 3.68. The highest BCUT2D eigenvalue weighted by Gasteiger charge is 2.06. The van der Waals surface area contributed by atoms with Gasteiger partial charge in [0, 0.05) is 31.6 Å². The van der Waals surface area contributed by atoms with Crippen LogP contribution < -0.4 is 5.32 Å². The van der Waals surface area contributed by atoms with E-state index in [0.29, 0.717) is 6.04 Å². The largest absolute Gasteiger partial charge is 0.377 e. The van der Waals surface area contributed by atoms with E-state index in [9.17, 15) is 0 Å². The van der Waals surface area contributed by atoms with Crippen molar-refractivity contribution in [3.05, 3.63) is 30.1 Å². The van der Waals surface area contributed by atoms with E-state index in [4.69, 9.17) is 4.74 Å². The third kappa shape index (κ3) is 4.40. The van der Waals surface area contributed by atoms with Crippen molar-refractivity contribution in [2.45, 2.75) is 32.9 Å². The van der Waals surface area contributed by atoms with Crippen LogP contribution in [0.15, 0.2) is 24.5 Å². The number of hydrogen-bond donors (Lipinski definition) is 1. The Morgan fingerprint density at radius 1 is 1.47 bits per heavy atom. The quantitative estimate of drug-likeness (QED) is 0.778. The summed E-state index contributed by atoms with van der Waals surface area (Å²) >= 11 is 0. The van der Waals surface area contributed by atoms with E-state index < -0.39 is 0 Å². The van der Waals surface area contributed by atoms with Crippen LogP contribution in [0.5, 0.6) is 0 Å². The number of nitrogens with zero attached hydrogens (tertiary/aromatic N) is 1. The lowest BCUT2D eigenvalue weighted by Crippen LogP contribution is -2.29. The van der Waals surface area contributed by atoms with Gasteiger partial charge in [0.05, 0.1) is 6.10 Å². The summed E-state index contributed by atoms with van der Waals surface area (Å²) in [4.78, 5) is 4.10. The highest BCUT2D eigenvalue weighted by atomic mass is 16.5. The lowest BCUT2D eigenvalue weighted by Gasteiger charge is -2.17. The zero-order valence-electron chi connectivity index (χ0n) is 9.73. The summed E-state index contributed by atoms with van der Waals surface area (Å²) in [6.07, 6.45) is 3.94. The molecule has 0 saturated carbocycles. The number of pyridine rings is 1. The summed E-state index contributed by atoms with van der Waals surface area (Å²) in [6.45, 7) is 7.86. The van der Waals surface area contributed by atoms with Gasteiger partial charge >= 0.3 is 0 Å². The van der Waals surface area contributed by atoms with Gasteiger partial charge in [-0.25, -0.2) is 0 Å². The Hall–Kier alpha value is -0.930. The molecule has 0 amide bonds. The van der Waals surface area contributed by atoms with Crippen molar-refractivity contribution in [2.24, 2.45) is 0 Å². The second kappa shape index (κ2) is 6.53. The minimum absolute atomic E-state index is 0.258. The molecule has 0 aromatic carbocycles. The van der Waals surface area contributed by atoms with Crippen LogP contribution >= 0.6 is 0 Å². The monoisotopic (exact) mass is 208 g/mol. The Morgan fingerprint density at radius 2 is 2.27 bits per heavy atom. The molecular weight excluding hydrogens is 188 g/mol. The highest BCUT2D eigenvalue weighted by Crippen LogP contribution is 2.09. The average Bonchev–Trinajstić information content (AvgIpc) is 2.27. The van der Waals surface area contributed by atoms with Crippen molar-refractivity contribution in [3.63, 3.8) is 0 Å². The van der Waals surface area contributed by atoms with Crippen molar-refractivity contribution in [1.82, 2.24) is 10.3 Å². The summed E-state index contributed by atoms with van der Waals surface area (Å²) in [6, 6.07) is 4.36. The molecule has 3 heteroatoms. The van der Waals surface area contributed by atoms with Crippen LogP contribution in [-0.4, -0.2) is 24.2 Å². The maximum absolute atomic E-state index is 5.45. The molecule has 3 nitrogen and oxygen atoms in total. The third-order valence-corrected chi connectivity index (χ3v) is 2.35. The molecule has 0 fully saturated rings. The topological polar surface area (TPSA) is 34.1 Å². The average molecular weight is 208 g/mol. The van der Waals surface area contributed by atoms with Gasteiger partial charge in [-0.05, 0) is 32.4 Å². The van der Waals surface area contributed by atoms with Crippen LogP contribution in [0.25, 0.3) is 0 Å². The molecule has 1 aromatic rings. The fourth-order valence-corrected chi connectivity index (χ4v) is 1.44. The van der Waals surface area contributed by atoms with E-state index in [1.807, 2.05) is 19.2 Å². The molecule has 0 aliphatic carbocycles. The smallest absolute Gasteiger partial charge is 0.0671 e. The summed E-state index contributed by atoms with van der Waals surface area (Å²) in [5.74, 6) is 0. The number of hydrogen-bond acceptors (Lipinski definition) is 3. The van der Waals surface area contributed by atoms with Gasteiger partial charge in [0.2, 0.25) is 0 Å². The van der Waals surface area contributed by atoms with Crippen molar-refractivity contribution in [3.8, 4) is 0 Å². The van der Waals surface area contributed by atoms with Crippen molar-refractivity contribution >= 4 is 0 Å². The molecule has 0 bridgehead atoms. The summed E-state index contributed by atoms with van der Waals surface area (Å²) < 4.78 is 5.45. The fourth-order valence-electron chi connectivity index (χ4n) is 1.44. The Kier molecular flexibility index (Phi) is 5.29. The second-order valence-electron chi connectivity index (χ2n) is 3.68. The molecule has 0 aliphatic rings. The summed E-state index contributed by atoms with van der Waals surface area (Å²) in [5, 5.41) is 3.42. The van der Waals surface area contributed by atoms with Gasteiger partial charge in [-0.15, -0.1) is 0 Å². The van der Waals surface area contributed by atoms with Crippen LogP contribution in [0.4, 0.5) is 0 Å². The van der Waals surface area contributed by atoms with Gasteiger partial charge in [0.1, 0.15) is 0 Å². The molecule has 1 rings (SSSR count). The Morgan fingerprint density at radius 3 is 2.87 bits per heavy atom. The molecule has 84 valence electrons. The summed E-state index contributed by atoms with van der Waals surface area (Å²) in [5.41, 5.74) is 1.21. The van der Waals surface area contributed by atoms with Gasteiger partial charge in [-0.2, -0.15) is 0 Å². The lowest BCUT2D eigenvalue weighted by atomic mass is 10.1. The Bertz CT molecular complexity index is 264. The predicted octanol–water partition coefficient (Wildman–Crippen LogP) is 2.16. The molecule has 0 radical (unpaired) electrons. The fraction of sp³-hybridized carbons (Fsp3) is 0.583. The van der Waals surface area contributed by atoms with Crippen LogP contribution in [0.2, 0.25) is 0 Å². The van der Waals surface area contributed by atoms with Crippen molar-refractivity contribution < 1.29 is 4.74 Å². The highest BCUT2D eigenvalue weighted by molar-refractivity contribution is 5.12. The molecule has 1 heterocycles. The molecule has 0 saturated heterocycles. The molecule has 0 spiro atoms. The zero-order valence-corrected chi connectivity index (χ0v) is 9.73. The van der Waals surface area contributed by atoms with E-state index in [-0.39, 0.29) is 6.10 Å². The Labute approximate surface area is 91.9 Å². The molecule has 0 aliphatic heterocycles. The minimum atomic E-state index is 0.258. The minimum Gasteiger partial charge on any atom is -0.377 e. The molecular formula is C12H20N2O. The van der Waals surface area contributed by atoms with Crippen LogP contribution in [0, 0.1) is 0 Å². The van der Waals surface area contributed by atoms with Crippen LogP contribution in [0.3, 0.4) is 0 Å². The van der Waals surface area contributed by atoms with E-state index in [0.717, 1.165) is 13.2 Å². The van der Waals surface area contributed by atoms with Crippen molar-refractivity contribution in [1.29, 1.82) is 0 Å². The number of aromatic nitrogens is 1. The number of ether oxygens (including phenoxy) is 1. The molecule has 1 aromatic heterocycles. The van der Waals surface area contributed by atoms with E-state index in [1.54, 1.807) is 6.20 Å². The van der Waals surface area contributed by atoms with Gasteiger partial charge in [-0.3, -0.25) is 4.98 Å². The maximum atomic E-state index is 5.45. The van der Waals surface area contributed by atoms with Gasteiger partial charge in [-0.1, -0.05) is 6.07 Å². The molecule has 1 N–H and O–H groups in total. The molecule has 2 atom stereocenters. The van der Waals surface area contributed by atoms with Gasteiger partial charge < -0.3 is 10.1 Å². The first kappa shape index (κ1) is 12.1.